The molecule has 3 heterocycles. The fourth-order valence-corrected chi connectivity index (χ4v) is 4.04. The lowest BCUT2D eigenvalue weighted by Crippen LogP contribution is -2.29. The molecule has 1 saturated heterocycles. The summed E-state index contributed by atoms with van der Waals surface area (Å²) in [4.78, 5) is 20.2. The topological polar surface area (TPSA) is 63.9 Å². The van der Waals surface area contributed by atoms with Crippen molar-refractivity contribution in [3.8, 4) is 0 Å². The van der Waals surface area contributed by atoms with Crippen LogP contribution in [0.4, 0.5) is 0 Å². The van der Waals surface area contributed by atoms with Crippen LogP contribution in [0.25, 0.3) is 0 Å². The highest BCUT2D eigenvalue weighted by Crippen LogP contribution is 2.29. The van der Waals surface area contributed by atoms with Crippen LogP contribution in [0.3, 0.4) is 0 Å². The molecule has 1 fully saturated rings. The van der Waals surface area contributed by atoms with Gasteiger partial charge in [0.1, 0.15) is 17.0 Å². The minimum Gasteiger partial charge on any atom is -0.337 e. The van der Waals surface area contributed by atoms with Gasteiger partial charge in [0, 0.05) is 26.1 Å². The van der Waals surface area contributed by atoms with Gasteiger partial charge in [-0.25, -0.2) is 4.98 Å². The third kappa shape index (κ3) is 3.29. The lowest BCUT2D eigenvalue weighted by atomic mass is 10.1. The normalized spacial score (nSPS) is 18.1. The van der Waals surface area contributed by atoms with E-state index in [1.165, 1.54) is 11.3 Å². The van der Waals surface area contributed by atoms with E-state index in [4.69, 9.17) is 0 Å². The Balaban J connectivity index is 1.76. The molecule has 0 bridgehead atoms. The van der Waals surface area contributed by atoms with Gasteiger partial charge in [-0.1, -0.05) is 13.8 Å². The SMILES string of the molecule is Cc1nc(CC(C)C)c(C(=O)N2CC[C@H](c3nncn3C)C2)s1. The van der Waals surface area contributed by atoms with E-state index in [9.17, 15) is 4.79 Å². The number of hydrogen-bond acceptors (Lipinski definition) is 5. The summed E-state index contributed by atoms with van der Waals surface area (Å²) in [5.41, 5.74) is 0.953. The Kier molecular flexibility index (Phi) is 4.48. The zero-order chi connectivity index (χ0) is 16.6. The van der Waals surface area contributed by atoms with Crippen molar-refractivity contribution in [1.29, 1.82) is 0 Å². The van der Waals surface area contributed by atoms with Crippen LogP contribution in [-0.2, 0) is 13.5 Å². The zero-order valence-corrected chi connectivity index (χ0v) is 14.9. The van der Waals surface area contributed by atoms with Crippen molar-refractivity contribution in [3.63, 3.8) is 0 Å². The molecule has 2 aromatic rings. The van der Waals surface area contributed by atoms with Crippen molar-refractivity contribution >= 4 is 17.2 Å². The second-order valence-electron chi connectivity index (χ2n) is 6.64. The fraction of sp³-hybridized carbons (Fsp3) is 0.625. The van der Waals surface area contributed by atoms with Gasteiger partial charge >= 0.3 is 0 Å². The summed E-state index contributed by atoms with van der Waals surface area (Å²) >= 11 is 1.52. The number of carbonyl (C=O) groups excluding carboxylic acids is 1. The van der Waals surface area contributed by atoms with Crippen molar-refractivity contribution in [2.45, 2.75) is 39.5 Å². The minimum absolute atomic E-state index is 0.121. The lowest BCUT2D eigenvalue weighted by molar-refractivity contribution is 0.0793. The molecule has 23 heavy (non-hydrogen) atoms. The van der Waals surface area contributed by atoms with E-state index in [0.717, 1.165) is 40.8 Å². The highest BCUT2D eigenvalue weighted by molar-refractivity contribution is 7.13. The number of nitrogens with zero attached hydrogens (tertiary/aromatic N) is 5. The molecule has 1 amide bonds. The molecule has 0 radical (unpaired) electrons. The smallest absolute Gasteiger partial charge is 0.265 e. The maximum absolute atomic E-state index is 12.9. The average Bonchev–Trinajstić information content (AvgIpc) is 3.17. The largest absolute Gasteiger partial charge is 0.337 e. The predicted octanol–water partition coefficient (Wildman–Crippen LogP) is 2.41. The van der Waals surface area contributed by atoms with Gasteiger partial charge in [0.25, 0.3) is 5.91 Å². The van der Waals surface area contributed by atoms with Crippen LogP contribution in [0.15, 0.2) is 6.33 Å². The minimum atomic E-state index is 0.121. The van der Waals surface area contributed by atoms with Gasteiger partial charge in [-0.2, -0.15) is 0 Å². The summed E-state index contributed by atoms with van der Waals surface area (Å²) < 4.78 is 1.94. The van der Waals surface area contributed by atoms with E-state index in [-0.39, 0.29) is 11.8 Å². The van der Waals surface area contributed by atoms with Crippen LogP contribution in [0.1, 0.15) is 52.4 Å². The van der Waals surface area contributed by atoms with Gasteiger partial charge in [-0.05, 0) is 25.7 Å². The summed E-state index contributed by atoms with van der Waals surface area (Å²) in [6, 6.07) is 0. The number of aromatic nitrogens is 4. The molecule has 0 aliphatic carbocycles. The van der Waals surface area contributed by atoms with Crippen LogP contribution in [0.2, 0.25) is 0 Å². The Labute approximate surface area is 140 Å². The second-order valence-corrected chi connectivity index (χ2v) is 7.85. The Morgan fingerprint density at radius 1 is 1.48 bits per heavy atom. The first-order valence-electron chi connectivity index (χ1n) is 8.05. The first-order chi connectivity index (χ1) is 11.0. The number of amides is 1. The Hall–Kier alpha value is -1.76. The van der Waals surface area contributed by atoms with E-state index in [1.54, 1.807) is 6.33 Å². The summed E-state index contributed by atoms with van der Waals surface area (Å²) in [5.74, 6) is 1.85. The van der Waals surface area contributed by atoms with Crippen LogP contribution < -0.4 is 0 Å². The third-order valence-corrected chi connectivity index (χ3v) is 5.19. The van der Waals surface area contributed by atoms with Gasteiger partial charge in [-0.3, -0.25) is 4.79 Å². The number of thiazole rings is 1. The molecule has 0 aromatic carbocycles. The molecule has 6 nitrogen and oxygen atoms in total. The van der Waals surface area contributed by atoms with E-state index >= 15 is 0 Å². The molecular weight excluding hydrogens is 310 g/mol. The number of rotatable bonds is 4. The number of carbonyl (C=O) groups is 1. The molecule has 1 aliphatic heterocycles. The summed E-state index contributed by atoms with van der Waals surface area (Å²) in [5, 5.41) is 9.10. The van der Waals surface area contributed by atoms with Crippen LogP contribution in [0, 0.1) is 12.8 Å². The number of likely N-dealkylation sites (tertiary alicyclic amines) is 1. The highest BCUT2D eigenvalue weighted by Gasteiger charge is 2.32. The van der Waals surface area contributed by atoms with Crippen molar-refractivity contribution in [2.75, 3.05) is 13.1 Å². The van der Waals surface area contributed by atoms with Crippen molar-refractivity contribution in [2.24, 2.45) is 13.0 Å². The number of aryl methyl sites for hydroxylation is 2. The maximum Gasteiger partial charge on any atom is 0.265 e. The maximum atomic E-state index is 12.9. The standard InChI is InChI=1S/C16H23N5OS/c1-10(2)7-13-14(23-11(3)18-13)16(22)21-6-5-12(8-21)15-19-17-9-20(15)4/h9-10,12H,5-8H2,1-4H3/t12-/m0/s1. The second kappa shape index (κ2) is 6.39. The third-order valence-electron chi connectivity index (χ3n) is 4.19. The summed E-state index contributed by atoms with van der Waals surface area (Å²) in [7, 11) is 1.95. The Morgan fingerprint density at radius 3 is 2.91 bits per heavy atom. The molecule has 1 atom stereocenters. The van der Waals surface area contributed by atoms with Crippen molar-refractivity contribution in [3.05, 3.63) is 27.7 Å². The molecule has 124 valence electrons. The van der Waals surface area contributed by atoms with Crippen molar-refractivity contribution < 1.29 is 4.79 Å². The van der Waals surface area contributed by atoms with Crippen LogP contribution >= 0.6 is 11.3 Å². The van der Waals surface area contributed by atoms with Gasteiger partial charge in [0.05, 0.1) is 10.7 Å². The first-order valence-corrected chi connectivity index (χ1v) is 8.86. The predicted molar refractivity (Wildman–Crippen MR) is 89.7 cm³/mol. The van der Waals surface area contributed by atoms with Gasteiger partial charge < -0.3 is 9.47 Å². The quantitative estimate of drug-likeness (QED) is 0.862. The molecule has 0 spiro atoms. The van der Waals surface area contributed by atoms with E-state index in [2.05, 4.69) is 29.0 Å². The van der Waals surface area contributed by atoms with Gasteiger partial charge in [0.2, 0.25) is 0 Å². The van der Waals surface area contributed by atoms with Gasteiger partial charge in [0.15, 0.2) is 0 Å². The highest BCUT2D eigenvalue weighted by atomic mass is 32.1. The summed E-state index contributed by atoms with van der Waals surface area (Å²) in [6.45, 7) is 7.77. The van der Waals surface area contributed by atoms with E-state index in [0.29, 0.717) is 12.5 Å². The van der Waals surface area contributed by atoms with Gasteiger partial charge in [-0.15, -0.1) is 21.5 Å². The number of hydrogen-bond donors (Lipinski definition) is 0. The molecule has 7 heteroatoms. The fourth-order valence-electron chi connectivity index (χ4n) is 3.12. The molecule has 0 N–H and O–H groups in total. The van der Waals surface area contributed by atoms with Crippen LogP contribution in [-0.4, -0.2) is 43.6 Å². The average molecular weight is 333 g/mol. The first kappa shape index (κ1) is 16.1. The molecule has 2 aromatic heterocycles. The zero-order valence-electron chi connectivity index (χ0n) is 14.1. The molecule has 0 unspecified atom stereocenters. The Bertz CT molecular complexity index is 705. The Morgan fingerprint density at radius 2 is 2.26 bits per heavy atom. The molecule has 0 saturated carbocycles. The lowest BCUT2D eigenvalue weighted by Gasteiger charge is -2.16. The van der Waals surface area contributed by atoms with Crippen LogP contribution in [0.5, 0.6) is 0 Å². The monoisotopic (exact) mass is 333 g/mol. The van der Waals surface area contributed by atoms with E-state index in [1.807, 2.05) is 23.4 Å². The molecule has 1 aliphatic rings. The van der Waals surface area contributed by atoms with Crippen molar-refractivity contribution in [1.82, 2.24) is 24.6 Å². The molecular formula is C16H23N5OS. The van der Waals surface area contributed by atoms with E-state index < -0.39 is 0 Å². The summed E-state index contributed by atoms with van der Waals surface area (Å²) in [6.07, 6.45) is 3.51. The molecule has 3 rings (SSSR count).